The first-order valence-corrected chi connectivity index (χ1v) is 5.11. The van der Waals surface area contributed by atoms with Crippen molar-refractivity contribution in [2.75, 3.05) is 19.7 Å². The molecule has 1 fully saturated rings. The van der Waals surface area contributed by atoms with Crippen LogP contribution in [0.2, 0.25) is 0 Å². The summed E-state index contributed by atoms with van der Waals surface area (Å²) in [6.45, 7) is 2.08. The predicted molar refractivity (Wildman–Crippen MR) is 54.1 cm³/mol. The van der Waals surface area contributed by atoms with Crippen LogP contribution in [0, 0.1) is 11.3 Å². The summed E-state index contributed by atoms with van der Waals surface area (Å²) in [5.74, 6) is -0.641. The SMILES string of the molecule is N#CC1CN(Cc2cc(C(=O)O)no2)CCO1. The van der Waals surface area contributed by atoms with E-state index in [1.54, 1.807) is 0 Å². The molecule has 1 unspecified atom stereocenters. The van der Waals surface area contributed by atoms with Gasteiger partial charge in [-0.25, -0.2) is 4.79 Å². The number of rotatable bonds is 3. The molecular weight excluding hydrogens is 226 g/mol. The molecule has 1 aromatic rings. The van der Waals surface area contributed by atoms with Crippen LogP contribution in [0.5, 0.6) is 0 Å². The molecule has 1 aromatic heterocycles. The summed E-state index contributed by atoms with van der Waals surface area (Å²) in [5, 5.41) is 20.8. The normalized spacial score (nSPS) is 21.0. The Morgan fingerprint density at radius 3 is 3.24 bits per heavy atom. The summed E-state index contributed by atoms with van der Waals surface area (Å²) >= 11 is 0. The van der Waals surface area contributed by atoms with Gasteiger partial charge in [0.2, 0.25) is 0 Å². The van der Waals surface area contributed by atoms with E-state index in [0.29, 0.717) is 32.0 Å². The highest BCUT2D eigenvalue weighted by atomic mass is 16.5. The number of carbonyl (C=O) groups is 1. The van der Waals surface area contributed by atoms with Crippen molar-refractivity contribution in [3.8, 4) is 6.07 Å². The Balaban J connectivity index is 1.96. The minimum atomic E-state index is -1.11. The van der Waals surface area contributed by atoms with Gasteiger partial charge in [0, 0.05) is 19.2 Å². The van der Waals surface area contributed by atoms with Crippen molar-refractivity contribution < 1.29 is 19.2 Å². The Hall–Kier alpha value is -1.91. The number of nitrogens with zero attached hydrogens (tertiary/aromatic N) is 3. The lowest BCUT2D eigenvalue weighted by Gasteiger charge is -2.28. The molecule has 7 nitrogen and oxygen atoms in total. The number of carboxylic acids is 1. The molecule has 2 rings (SSSR count). The van der Waals surface area contributed by atoms with Crippen molar-refractivity contribution in [1.29, 1.82) is 5.26 Å². The predicted octanol–water partition coefficient (Wildman–Crippen LogP) is 0.0972. The van der Waals surface area contributed by atoms with Crippen LogP contribution in [-0.2, 0) is 11.3 Å². The Kier molecular flexibility index (Phi) is 3.37. The number of hydrogen-bond donors (Lipinski definition) is 1. The molecule has 90 valence electrons. The maximum absolute atomic E-state index is 10.6. The minimum absolute atomic E-state index is 0.106. The molecule has 2 heterocycles. The van der Waals surface area contributed by atoms with Crippen molar-refractivity contribution in [2.24, 2.45) is 0 Å². The third kappa shape index (κ3) is 2.81. The summed E-state index contributed by atoms with van der Waals surface area (Å²) in [6.07, 6.45) is -0.439. The van der Waals surface area contributed by atoms with Crippen LogP contribution in [-0.4, -0.2) is 46.9 Å². The fourth-order valence-electron chi connectivity index (χ4n) is 1.63. The van der Waals surface area contributed by atoms with Gasteiger partial charge >= 0.3 is 5.97 Å². The molecule has 0 bridgehead atoms. The van der Waals surface area contributed by atoms with Gasteiger partial charge in [-0.2, -0.15) is 5.26 Å². The second-order valence-corrected chi connectivity index (χ2v) is 3.71. The maximum Gasteiger partial charge on any atom is 0.358 e. The zero-order valence-corrected chi connectivity index (χ0v) is 9.00. The summed E-state index contributed by atoms with van der Waals surface area (Å²) in [7, 11) is 0. The summed E-state index contributed by atoms with van der Waals surface area (Å²) in [4.78, 5) is 12.6. The van der Waals surface area contributed by atoms with E-state index >= 15 is 0 Å². The smallest absolute Gasteiger partial charge is 0.358 e. The Morgan fingerprint density at radius 1 is 1.76 bits per heavy atom. The number of carboxylic acid groups (broad SMARTS) is 1. The topological polar surface area (TPSA) is 99.6 Å². The molecule has 1 aliphatic rings. The van der Waals surface area contributed by atoms with Crippen LogP contribution >= 0.6 is 0 Å². The van der Waals surface area contributed by atoms with Crippen LogP contribution in [0.1, 0.15) is 16.2 Å². The second kappa shape index (κ2) is 4.95. The monoisotopic (exact) mass is 237 g/mol. The van der Waals surface area contributed by atoms with Crippen LogP contribution in [0.4, 0.5) is 0 Å². The number of aromatic carboxylic acids is 1. The highest BCUT2D eigenvalue weighted by Crippen LogP contribution is 2.11. The van der Waals surface area contributed by atoms with Crippen LogP contribution in [0.15, 0.2) is 10.6 Å². The fourth-order valence-corrected chi connectivity index (χ4v) is 1.63. The lowest BCUT2D eigenvalue weighted by molar-refractivity contribution is -0.00543. The first-order chi connectivity index (χ1) is 8.19. The molecule has 0 radical (unpaired) electrons. The second-order valence-electron chi connectivity index (χ2n) is 3.71. The van der Waals surface area contributed by atoms with Gasteiger partial charge in [-0.15, -0.1) is 0 Å². The third-order valence-electron chi connectivity index (χ3n) is 2.45. The van der Waals surface area contributed by atoms with Gasteiger partial charge in [-0.1, -0.05) is 5.16 Å². The van der Waals surface area contributed by atoms with E-state index in [1.807, 2.05) is 11.0 Å². The van der Waals surface area contributed by atoms with Gasteiger partial charge in [0.05, 0.1) is 19.2 Å². The van der Waals surface area contributed by atoms with E-state index in [1.165, 1.54) is 6.07 Å². The average Bonchev–Trinajstić information content (AvgIpc) is 2.78. The Labute approximate surface area is 97.2 Å². The molecule has 0 aromatic carbocycles. The first kappa shape index (κ1) is 11.6. The molecule has 1 aliphatic heterocycles. The average molecular weight is 237 g/mol. The number of nitriles is 1. The summed E-state index contributed by atoms with van der Waals surface area (Å²) < 4.78 is 10.1. The Morgan fingerprint density at radius 2 is 2.59 bits per heavy atom. The quantitative estimate of drug-likeness (QED) is 0.795. The van der Waals surface area contributed by atoms with Crippen molar-refractivity contribution in [2.45, 2.75) is 12.6 Å². The van der Waals surface area contributed by atoms with Crippen molar-refractivity contribution in [3.63, 3.8) is 0 Å². The molecule has 0 amide bonds. The lowest BCUT2D eigenvalue weighted by atomic mass is 10.2. The summed E-state index contributed by atoms with van der Waals surface area (Å²) in [5.41, 5.74) is -0.106. The van der Waals surface area contributed by atoms with Gasteiger partial charge in [-0.3, -0.25) is 4.90 Å². The molecule has 0 spiro atoms. The summed E-state index contributed by atoms with van der Waals surface area (Å²) in [6, 6.07) is 3.43. The third-order valence-corrected chi connectivity index (χ3v) is 2.45. The van der Waals surface area contributed by atoms with E-state index in [0.717, 1.165) is 0 Å². The van der Waals surface area contributed by atoms with E-state index in [-0.39, 0.29) is 5.69 Å². The first-order valence-electron chi connectivity index (χ1n) is 5.11. The molecule has 17 heavy (non-hydrogen) atoms. The van der Waals surface area contributed by atoms with Crippen molar-refractivity contribution >= 4 is 5.97 Å². The van der Waals surface area contributed by atoms with Crippen LogP contribution in [0.3, 0.4) is 0 Å². The largest absolute Gasteiger partial charge is 0.476 e. The standard InChI is InChI=1S/C10H11N3O4/c11-4-8-6-13(1-2-16-8)5-7-3-9(10(14)15)12-17-7/h3,8H,1-2,5-6H2,(H,14,15). The van der Waals surface area contributed by atoms with E-state index < -0.39 is 12.1 Å². The van der Waals surface area contributed by atoms with Crippen LogP contribution in [0.25, 0.3) is 0 Å². The highest BCUT2D eigenvalue weighted by Gasteiger charge is 2.21. The van der Waals surface area contributed by atoms with Crippen molar-refractivity contribution in [3.05, 3.63) is 17.5 Å². The van der Waals surface area contributed by atoms with E-state index in [2.05, 4.69) is 5.16 Å². The lowest BCUT2D eigenvalue weighted by Crippen LogP contribution is -2.41. The molecule has 1 N–H and O–H groups in total. The Bertz CT molecular complexity index is 451. The fraction of sp³-hybridized carbons (Fsp3) is 0.500. The zero-order valence-electron chi connectivity index (χ0n) is 9.00. The maximum atomic E-state index is 10.6. The molecule has 0 aliphatic carbocycles. The number of hydrogen-bond acceptors (Lipinski definition) is 6. The molecule has 1 atom stereocenters. The zero-order chi connectivity index (χ0) is 12.3. The molecule has 1 saturated heterocycles. The van der Waals surface area contributed by atoms with Gasteiger partial charge in [0.25, 0.3) is 0 Å². The van der Waals surface area contributed by atoms with Gasteiger partial charge in [0.1, 0.15) is 0 Å². The molecule has 7 heteroatoms. The van der Waals surface area contributed by atoms with Crippen LogP contribution < -0.4 is 0 Å². The van der Waals surface area contributed by atoms with Crippen molar-refractivity contribution in [1.82, 2.24) is 10.1 Å². The van der Waals surface area contributed by atoms with Gasteiger partial charge in [0.15, 0.2) is 17.6 Å². The van der Waals surface area contributed by atoms with Gasteiger partial charge < -0.3 is 14.4 Å². The highest BCUT2D eigenvalue weighted by molar-refractivity contribution is 5.85. The minimum Gasteiger partial charge on any atom is -0.476 e. The number of aromatic nitrogens is 1. The van der Waals surface area contributed by atoms with Gasteiger partial charge in [-0.05, 0) is 0 Å². The molecule has 0 saturated carbocycles. The van der Waals surface area contributed by atoms with E-state index in [4.69, 9.17) is 19.6 Å². The van der Waals surface area contributed by atoms with E-state index in [9.17, 15) is 4.79 Å². The number of morpholine rings is 1. The number of ether oxygens (including phenoxy) is 1. The molecular formula is C10H11N3O4.